The number of halogens is 1. The molecule has 2 amide bonds. The molecule has 0 saturated carbocycles. The molecule has 0 bridgehead atoms. The van der Waals surface area contributed by atoms with Crippen LogP contribution in [0.1, 0.15) is 24.8 Å². The molecule has 1 fully saturated rings. The second kappa shape index (κ2) is 7.81. The Hall–Kier alpha value is -2.56. The minimum Gasteiger partial charge on any atom is -0.371 e. The Bertz CT molecular complexity index is 699. The lowest BCUT2D eigenvalue weighted by Gasteiger charge is -2.29. The van der Waals surface area contributed by atoms with Crippen molar-refractivity contribution >= 4 is 17.4 Å². The van der Waals surface area contributed by atoms with Gasteiger partial charge in [0.2, 0.25) is 0 Å². The Morgan fingerprint density at radius 3 is 2.62 bits per heavy atom. The minimum atomic E-state index is -0.302. The van der Waals surface area contributed by atoms with E-state index in [4.69, 9.17) is 0 Å². The highest BCUT2D eigenvalue weighted by Gasteiger charge is 2.11. The number of nitrogens with zero attached hydrogens (tertiary/aromatic N) is 1. The maximum Gasteiger partial charge on any atom is 0.319 e. The maximum atomic E-state index is 13.1. The van der Waals surface area contributed by atoms with Crippen molar-refractivity contribution in [2.24, 2.45) is 0 Å². The van der Waals surface area contributed by atoms with Crippen molar-refractivity contribution in [1.29, 1.82) is 0 Å². The van der Waals surface area contributed by atoms with Gasteiger partial charge in [0, 0.05) is 31.0 Å². The first-order valence-electron chi connectivity index (χ1n) is 8.35. The summed E-state index contributed by atoms with van der Waals surface area (Å²) in [6.45, 7) is 2.42. The van der Waals surface area contributed by atoms with Gasteiger partial charge in [0.05, 0.1) is 0 Å². The van der Waals surface area contributed by atoms with Crippen molar-refractivity contribution in [2.75, 3.05) is 23.3 Å². The van der Waals surface area contributed by atoms with E-state index >= 15 is 0 Å². The largest absolute Gasteiger partial charge is 0.371 e. The number of carbonyl (C=O) groups is 1. The van der Waals surface area contributed by atoms with Gasteiger partial charge in [0.25, 0.3) is 0 Å². The van der Waals surface area contributed by atoms with Crippen molar-refractivity contribution in [3.05, 3.63) is 59.9 Å². The molecule has 4 nitrogen and oxygen atoms in total. The minimum absolute atomic E-state index is 0.287. The van der Waals surface area contributed by atoms with E-state index in [9.17, 15) is 9.18 Å². The summed E-state index contributed by atoms with van der Waals surface area (Å²) in [6.07, 6.45) is 3.72. The number of hydrogen-bond donors (Lipinski definition) is 2. The zero-order valence-corrected chi connectivity index (χ0v) is 13.6. The van der Waals surface area contributed by atoms with Gasteiger partial charge in [-0.15, -0.1) is 0 Å². The van der Waals surface area contributed by atoms with Gasteiger partial charge in [-0.25, -0.2) is 9.18 Å². The van der Waals surface area contributed by atoms with Crippen LogP contribution in [0.2, 0.25) is 0 Å². The van der Waals surface area contributed by atoms with Crippen LogP contribution in [0.4, 0.5) is 20.6 Å². The molecule has 2 N–H and O–H groups in total. The average Bonchev–Trinajstić information content (AvgIpc) is 2.61. The number of carbonyl (C=O) groups excluding carboxylic acids is 1. The molecule has 0 spiro atoms. The molecular weight excluding hydrogens is 305 g/mol. The molecule has 0 radical (unpaired) electrons. The molecule has 1 aliphatic heterocycles. The summed E-state index contributed by atoms with van der Waals surface area (Å²) >= 11 is 0. The Morgan fingerprint density at radius 1 is 1.04 bits per heavy atom. The zero-order valence-electron chi connectivity index (χ0n) is 13.6. The third-order valence-electron chi connectivity index (χ3n) is 4.17. The number of amides is 2. The lowest BCUT2D eigenvalue weighted by atomic mass is 10.1. The summed E-state index contributed by atoms with van der Waals surface area (Å²) in [5, 5.41) is 5.58. The summed E-state index contributed by atoms with van der Waals surface area (Å²) in [5.41, 5.74) is 2.62. The number of benzene rings is 2. The molecule has 0 aliphatic carbocycles. The molecule has 24 heavy (non-hydrogen) atoms. The number of nitrogens with one attached hydrogen (secondary N) is 2. The van der Waals surface area contributed by atoms with Crippen LogP contribution in [0.3, 0.4) is 0 Å². The number of rotatable bonds is 4. The van der Waals surface area contributed by atoms with Gasteiger partial charge in [-0.3, -0.25) is 0 Å². The van der Waals surface area contributed by atoms with Crippen molar-refractivity contribution in [3.8, 4) is 0 Å². The summed E-state index contributed by atoms with van der Waals surface area (Å²) < 4.78 is 13.1. The summed E-state index contributed by atoms with van der Waals surface area (Å²) in [7, 11) is 0. The van der Waals surface area contributed by atoms with E-state index in [2.05, 4.69) is 21.6 Å². The normalized spacial score (nSPS) is 14.3. The molecule has 0 aromatic heterocycles. The Balaban J connectivity index is 1.56. The molecule has 1 saturated heterocycles. The molecule has 3 rings (SSSR count). The molecule has 2 aromatic rings. The van der Waals surface area contributed by atoms with Crippen molar-refractivity contribution in [1.82, 2.24) is 5.32 Å². The zero-order chi connectivity index (χ0) is 16.8. The Kier molecular flexibility index (Phi) is 5.31. The van der Waals surface area contributed by atoms with Crippen LogP contribution in [0.5, 0.6) is 0 Å². The average molecular weight is 327 g/mol. The lowest BCUT2D eigenvalue weighted by Crippen LogP contribution is -2.30. The smallest absolute Gasteiger partial charge is 0.319 e. The van der Waals surface area contributed by atoms with Crippen molar-refractivity contribution < 1.29 is 9.18 Å². The van der Waals surface area contributed by atoms with Crippen LogP contribution in [-0.4, -0.2) is 19.1 Å². The van der Waals surface area contributed by atoms with Gasteiger partial charge in [0.1, 0.15) is 5.82 Å². The van der Waals surface area contributed by atoms with Gasteiger partial charge in [-0.1, -0.05) is 18.2 Å². The van der Waals surface area contributed by atoms with Crippen LogP contribution < -0.4 is 15.5 Å². The van der Waals surface area contributed by atoms with E-state index in [1.165, 1.54) is 31.4 Å². The standard InChI is InChI=1S/C19H22FN3O/c20-16-7-4-6-15(12-16)14-21-19(24)22-17-8-5-9-18(13-17)23-10-2-1-3-11-23/h4-9,12-13H,1-3,10-11,14H2,(H2,21,22,24). The monoisotopic (exact) mass is 327 g/mol. The number of anilines is 2. The van der Waals surface area contributed by atoms with Crippen LogP contribution >= 0.6 is 0 Å². The van der Waals surface area contributed by atoms with Gasteiger partial charge in [-0.05, 0) is 55.2 Å². The highest BCUT2D eigenvalue weighted by Crippen LogP contribution is 2.22. The summed E-state index contributed by atoms with van der Waals surface area (Å²) in [4.78, 5) is 14.4. The second-order valence-corrected chi connectivity index (χ2v) is 6.04. The van der Waals surface area contributed by atoms with Gasteiger partial charge < -0.3 is 15.5 Å². The van der Waals surface area contributed by atoms with E-state index < -0.39 is 0 Å². The molecular formula is C19H22FN3O. The molecule has 2 aromatic carbocycles. The second-order valence-electron chi connectivity index (χ2n) is 6.04. The van der Waals surface area contributed by atoms with Gasteiger partial charge >= 0.3 is 6.03 Å². The molecule has 0 atom stereocenters. The van der Waals surface area contributed by atoms with E-state index in [1.807, 2.05) is 18.2 Å². The number of hydrogen-bond acceptors (Lipinski definition) is 2. The Morgan fingerprint density at radius 2 is 1.83 bits per heavy atom. The van der Waals surface area contributed by atoms with Gasteiger partial charge in [0.15, 0.2) is 0 Å². The highest BCUT2D eigenvalue weighted by atomic mass is 19.1. The van der Waals surface area contributed by atoms with Crippen molar-refractivity contribution in [3.63, 3.8) is 0 Å². The molecule has 1 heterocycles. The molecule has 126 valence electrons. The van der Waals surface area contributed by atoms with E-state index in [-0.39, 0.29) is 18.4 Å². The van der Waals surface area contributed by atoms with Crippen LogP contribution in [-0.2, 0) is 6.54 Å². The lowest BCUT2D eigenvalue weighted by molar-refractivity contribution is 0.251. The van der Waals surface area contributed by atoms with Crippen molar-refractivity contribution in [2.45, 2.75) is 25.8 Å². The maximum absolute atomic E-state index is 13.1. The fraction of sp³-hybridized carbons (Fsp3) is 0.316. The van der Waals surface area contributed by atoms with E-state index in [0.29, 0.717) is 0 Å². The molecule has 1 aliphatic rings. The van der Waals surface area contributed by atoms with Gasteiger partial charge in [-0.2, -0.15) is 0 Å². The SMILES string of the molecule is O=C(NCc1cccc(F)c1)Nc1cccc(N2CCCCC2)c1. The predicted octanol–water partition coefficient (Wildman–Crippen LogP) is 4.14. The third kappa shape index (κ3) is 4.47. The van der Waals surface area contributed by atoms with E-state index in [0.717, 1.165) is 30.0 Å². The summed E-state index contributed by atoms with van der Waals surface area (Å²) in [6, 6.07) is 13.8. The van der Waals surface area contributed by atoms with Crippen LogP contribution in [0.15, 0.2) is 48.5 Å². The quantitative estimate of drug-likeness (QED) is 0.886. The number of piperidine rings is 1. The third-order valence-corrected chi connectivity index (χ3v) is 4.17. The van der Waals surface area contributed by atoms with Crippen LogP contribution in [0, 0.1) is 5.82 Å². The predicted molar refractivity (Wildman–Crippen MR) is 94.8 cm³/mol. The topological polar surface area (TPSA) is 44.4 Å². The first-order valence-corrected chi connectivity index (χ1v) is 8.35. The molecule has 0 unspecified atom stereocenters. The first kappa shape index (κ1) is 16.3. The molecule has 5 heteroatoms. The Labute approximate surface area is 141 Å². The fourth-order valence-electron chi connectivity index (χ4n) is 2.94. The summed E-state index contributed by atoms with van der Waals surface area (Å²) in [5.74, 6) is -0.302. The first-order chi connectivity index (χ1) is 11.7. The fourth-order valence-corrected chi connectivity index (χ4v) is 2.94. The highest BCUT2D eigenvalue weighted by molar-refractivity contribution is 5.89. The van der Waals surface area contributed by atoms with E-state index in [1.54, 1.807) is 12.1 Å². The number of urea groups is 1. The van der Waals surface area contributed by atoms with Crippen LogP contribution in [0.25, 0.3) is 0 Å².